The van der Waals surface area contributed by atoms with E-state index >= 15 is 0 Å². The van der Waals surface area contributed by atoms with Gasteiger partial charge in [0.25, 0.3) is 0 Å². The van der Waals surface area contributed by atoms with Gasteiger partial charge in [0.2, 0.25) is 10.0 Å². The summed E-state index contributed by atoms with van der Waals surface area (Å²) in [6, 6.07) is 5.94. The molecule has 0 aliphatic carbocycles. The van der Waals surface area contributed by atoms with Crippen molar-refractivity contribution in [3.05, 3.63) is 24.3 Å². The first-order chi connectivity index (χ1) is 11.4. The Balaban J connectivity index is 2.77. The van der Waals surface area contributed by atoms with Gasteiger partial charge >= 0.3 is 0 Å². The minimum absolute atomic E-state index is 0.0346. The van der Waals surface area contributed by atoms with Crippen molar-refractivity contribution < 1.29 is 21.6 Å². The average Bonchev–Trinajstić information content (AvgIpc) is 2.54. The monoisotopic (exact) mass is 392 g/mol. The van der Waals surface area contributed by atoms with Gasteiger partial charge in [0.05, 0.1) is 10.6 Å². The van der Waals surface area contributed by atoms with E-state index in [2.05, 4.69) is 0 Å². The molecule has 0 amide bonds. The van der Waals surface area contributed by atoms with Crippen LogP contribution in [0.2, 0.25) is 0 Å². The third-order valence-corrected chi connectivity index (χ3v) is 7.32. The summed E-state index contributed by atoms with van der Waals surface area (Å²) in [6.07, 6.45) is 0. The summed E-state index contributed by atoms with van der Waals surface area (Å²) < 4.78 is 54.7. The molecule has 0 fully saturated rings. The fourth-order valence-electron chi connectivity index (χ4n) is 2.07. The van der Waals surface area contributed by atoms with Crippen molar-refractivity contribution in [2.45, 2.75) is 25.7 Å². The molecule has 0 saturated heterocycles. The van der Waals surface area contributed by atoms with E-state index in [0.29, 0.717) is 18.8 Å². The van der Waals surface area contributed by atoms with Crippen molar-refractivity contribution in [1.82, 2.24) is 4.31 Å². The molecular weight excluding hydrogens is 364 g/mol. The normalized spacial score (nSPS) is 13.2. The second kappa shape index (κ2) is 8.48. The fourth-order valence-corrected chi connectivity index (χ4v) is 4.06. The Hall–Kier alpha value is -1.16. The highest BCUT2D eigenvalue weighted by Crippen LogP contribution is 2.22. The van der Waals surface area contributed by atoms with E-state index in [1.165, 1.54) is 35.6 Å². The summed E-state index contributed by atoms with van der Waals surface area (Å²) in [5, 5.41) is 0. The molecule has 0 unspecified atom stereocenters. The molecule has 0 saturated carbocycles. The van der Waals surface area contributed by atoms with Crippen molar-refractivity contribution in [2.75, 3.05) is 38.2 Å². The number of sulfone groups is 1. The molecule has 25 heavy (non-hydrogen) atoms. The first kappa shape index (κ1) is 21.9. The van der Waals surface area contributed by atoms with Crippen LogP contribution < -0.4 is 10.5 Å². The van der Waals surface area contributed by atoms with E-state index in [1.54, 1.807) is 6.92 Å². The maximum atomic E-state index is 12.6. The number of hydrogen-bond acceptors (Lipinski definition) is 6. The lowest BCUT2D eigenvalue weighted by Gasteiger charge is -2.28. The van der Waals surface area contributed by atoms with Gasteiger partial charge in [-0.2, -0.15) is 0 Å². The van der Waals surface area contributed by atoms with Gasteiger partial charge in [-0.15, -0.1) is 0 Å². The Morgan fingerprint density at radius 1 is 1.12 bits per heavy atom. The van der Waals surface area contributed by atoms with Crippen molar-refractivity contribution in [3.63, 3.8) is 0 Å². The Morgan fingerprint density at radius 3 is 2.16 bits per heavy atom. The Morgan fingerprint density at radius 2 is 1.68 bits per heavy atom. The van der Waals surface area contributed by atoms with E-state index in [0.717, 1.165) is 0 Å². The Bertz CT molecular complexity index is 756. The zero-order valence-electron chi connectivity index (χ0n) is 15.2. The molecule has 0 aliphatic rings. The lowest BCUT2D eigenvalue weighted by Crippen LogP contribution is -2.39. The molecule has 0 atom stereocenters. The molecular formula is C16H28N2O5S2. The SMILES string of the molecule is CCS(=O)(=O)CCOc1ccc(S(=O)(=O)N(C)CC(C)(C)CN)cc1. The van der Waals surface area contributed by atoms with E-state index in [-0.39, 0.29) is 28.4 Å². The van der Waals surface area contributed by atoms with Crippen LogP contribution in [0, 0.1) is 5.41 Å². The topological polar surface area (TPSA) is 107 Å². The van der Waals surface area contributed by atoms with Crippen molar-refractivity contribution in [1.29, 1.82) is 0 Å². The van der Waals surface area contributed by atoms with Gasteiger partial charge in [-0.1, -0.05) is 20.8 Å². The molecule has 0 aliphatic heterocycles. The molecule has 0 bridgehead atoms. The van der Waals surface area contributed by atoms with Crippen LogP contribution in [-0.4, -0.2) is 59.4 Å². The molecule has 1 rings (SSSR count). The van der Waals surface area contributed by atoms with Gasteiger partial charge in [-0.3, -0.25) is 0 Å². The van der Waals surface area contributed by atoms with Gasteiger partial charge in [0.15, 0.2) is 9.84 Å². The zero-order valence-corrected chi connectivity index (χ0v) is 16.9. The summed E-state index contributed by atoms with van der Waals surface area (Å²) >= 11 is 0. The van der Waals surface area contributed by atoms with Crippen LogP contribution >= 0.6 is 0 Å². The summed E-state index contributed by atoms with van der Waals surface area (Å²) in [5.41, 5.74) is 5.34. The molecule has 1 aromatic rings. The van der Waals surface area contributed by atoms with Crippen LogP contribution in [0.15, 0.2) is 29.2 Å². The molecule has 144 valence electrons. The Labute approximate surface area is 151 Å². The predicted octanol–water partition coefficient (Wildman–Crippen LogP) is 1.11. The average molecular weight is 393 g/mol. The lowest BCUT2D eigenvalue weighted by atomic mass is 9.94. The number of rotatable bonds is 10. The fraction of sp³-hybridized carbons (Fsp3) is 0.625. The van der Waals surface area contributed by atoms with Gasteiger partial charge in [-0.25, -0.2) is 21.1 Å². The number of sulfonamides is 1. The van der Waals surface area contributed by atoms with Crippen molar-refractivity contribution in [2.24, 2.45) is 11.1 Å². The first-order valence-corrected chi connectivity index (χ1v) is 11.3. The Kier molecular flexibility index (Phi) is 7.42. The van der Waals surface area contributed by atoms with Gasteiger partial charge < -0.3 is 10.5 Å². The lowest BCUT2D eigenvalue weighted by molar-refractivity contribution is 0.292. The molecule has 0 aromatic heterocycles. The highest BCUT2D eigenvalue weighted by atomic mass is 32.2. The molecule has 0 heterocycles. The maximum Gasteiger partial charge on any atom is 0.242 e. The number of hydrogen-bond donors (Lipinski definition) is 1. The second-order valence-corrected chi connectivity index (χ2v) is 11.2. The maximum absolute atomic E-state index is 12.6. The molecule has 0 radical (unpaired) electrons. The minimum Gasteiger partial charge on any atom is -0.493 e. The number of ether oxygens (including phenoxy) is 1. The van der Waals surface area contributed by atoms with E-state index in [1.807, 2.05) is 13.8 Å². The highest BCUT2D eigenvalue weighted by Gasteiger charge is 2.27. The number of benzene rings is 1. The summed E-state index contributed by atoms with van der Waals surface area (Å²) in [4.78, 5) is 0.149. The van der Waals surface area contributed by atoms with Crippen LogP contribution in [0.5, 0.6) is 5.75 Å². The number of nitrogens with two attached hydrogens (primary N) is 1. The third-order valence-electron chi connectivity index (χ3n) is 3.84. The third kappa shape index (κ3) is 6.58. The van der Waals surface area contributed by atoms with Crippen LogP contribution in [0.3, 0.4) is 0 Å². The molecule has 9 heteroatoms. The second-order valence-electron chi connectivity index (χ2n) is 6.69. The van der Waals surface area contributed by atoms with E-state index in [4.69, 9.17) is 10.5 Å². The smallest absolute Gasteiger partial charge is 0.242 e. The molecule has 1 aromatic carbocycles. The van der Waals surface area contributed by atoms with Gasteiger partial charge in [-0.05, 0) is 36.2 Å². The highest BCUT2D eigenvalue weighted by molar-refractivity contribution is 7.91. The molecule has 7 nitrogen and oxygen atoms in total. The largest absolute Gasteiger partial charge is 0.493 e. The predicted molar refractivity (Wildman–Crippen MR) is 98.9 cm³/mol. The first-order valence-electron chi connectivity index (χ1n) is 8.03. The van der Waals surface area contributed by atoms with Crippen LogP contribution in [-0.2, 0) is 19.9 Å². The van der Waals surface area contributed by atoms with Crippen LogP contribution in [0.1, 0.15) is 20.8 Å². The standard InChI is InChI=1S/C16H28N2O5S2/c1-5-24(19,20)11-10-23-14-6-8-15(9-7-14)25(21,22)18(4)13-16(2,3)12-17/h6-9H,5,10-13,17H2,1-4H3. The molecule has 2 N–H and O–H groups in total. The van der Waals surface area contributed by atoms with Crippen molar-refractivity contribution >= 4 is 19.9 Å². The zero-order chi connectivity index (χ0) is 19.3. The quantitative estimate of drug-likeness (QED) is 0.639. The van der Waals surface area contributed by atoms with E-state index < -0.39 is 19.9 Å². The van der Waals surface area contributed by atoms with Gasteiger partial charge in [0, 0.05) is 19.3 Å². The summed E-state index contributed by atoms with van der Waals surface area (Å²) in [7, 11) is -5.19. The van der Waals surface area contributed by atoms with Gasteiger partial charge in [0.1, 0.15) is 12.4 Å². The minimum atomic E-state index is -3.62. The van der Waals surface area contributed by atoms with E-state index in [9.17, 15) is 16.8 Å². The summed E-state index contributed by atoms with van der Waals surface area (Å²) in [6.45, 7) is 6.10. The molecule has 0 spiro atoms. The number of nitrogens with zero attached hydrogens (tertiary/aromatic N) is 1. The van der Waals surface area contributed by atoms with Crippen LogP contribution in [0.25, 0.3) is 0 Å². The van der Waals surface area contributed by atoms with Crippen molar-refractivity contribution in [3.8, 4) is 5.75 Å². The van der Waals surface area contributed by atoms with Crippen LogP contribution in [0.4, 0.5) is 0 Å². The summed E-state index contributed by atoms with van der Waals surface area (Å²) in [5.74, 6) is 0.426.